The van der Waals surface area contributed by atoms with Crippen LogP contribution in [0.5, 0.6) is 0 Å². The molecule has 4 saturated carbocycles. The molecule has 2 N–H and O–H groups in total. The van der Waals surface area contributed by atoms with Gasteiger partial charge in [0.15, 0.2) is 0 Å². The third kappa shape index (κ3) is 2.66. The maximum atomic E-state index is 12.6. The summed E-state index contributed by atoms with van der Waals surface area (Å²) in [5, 5.41) is 4.40. The lowest BCUT2D eigenvalue weighted by atomic mass is 9.43. The number of fused-ring (bicyclic) bond motifs is 5. The van der Waals surface area contributed by atoms with Gasteiger partial charge in [-0.25, -0.2) is 0 Å². The van der Waals surface area contributed by atoms with E-state index in [1.807, 2.05) is 0 Å². The summed E-state index contributed by atoms with van der Waals surface area (Å²) in [5.41, 5.74) is 7.14. The van der Waals surface area contributed by atoms with Crippen molar-refractivity contribution in [2.24, 2.45) is 51.3 Å². The lowest BCUT2D eigenvalue weighted by Crippen LogP contribution is -2.56. The molecule has 4 rings (SSSR count). The van der Waals surface area contributed by atoms with Gasteiger partial charge in [0.2, 0.25) is 0 Å². The van der Waals surface area contributed by atoms with Gasteiger partial charge in [-0.1, -0.05) is 25.9 Å². The first-order chi connectivity index (χ1) is 12.4. The predicted octanol–water partition coefficient (Wildman–Crippen LogP) is 4.18. The molecule has 4 aliphatic rings. The number of rotatable bonds is 3. The maximum Gasteiger partial charge on any atom is 0.139 e. The molecule has 0 aliphatic heterocycles. The van der Waals surface area contributed by atoms with E-state index < -0.39 is 0 Å². The fourth-order valence-corrected chi connectivity index (χ4v) is 7.57. The normalized spacial score (nSPS) is 49.5. The monoisotopic (exact) mass is 360 g/mol. The number of Topliss-reactive ketones (excluding diaryl/α,β-unsaturated/α-hetero) is 1. The van der Waals surface area contributed by atoms with Crippen molar-refractivity contribution in [3.63, 3.8) is 0 Å². The molecule has 0 radical (unpaired) electrons. The molecule has 0 bridgehead atoms. The third-order valence-corrected chi connectivity index (χ3v) is 8.98. The molecule has 4 aliphatic carbocycles. The number of hydrogen-bond donors (Lipinski definition) is 1. The number of nitrogens with two attached hydrogens (primary N) is 1. The average Bonchev–Trinajstić information content (AvgIpc) is 2.92. The van der Waals surface area contributed by atoms with Gasteiger partial charge >= 0.3 is 0 Å². The SMILES string of the molecule is C[C@H]1C[C@@H]2[C@H](CC[C@]3(C)C(=O)CC[C@@H]23)[C@@]2(C)CC/C(=N\OCCN)C[C@H]12. The second-order valence-corrected chi connectivity index (χ2v) is 10.1. The summed E-state index contributed by atoms with van der Waals surface area (Å²) in [5.74, 6) is 4.15. The van der Waals surface area contributed by atoms with Crippen molar-refractivity contribution in [1.82, 2.24) is 0 Å². The highest BCUT2D eigenvalue weighted by atomic mass is 16.6. The Bertz CT molecular complexity index is 603. The van der Waals surface area contributed by atoms with E-state index in [0.717, 1.165) is 43.9 Å². The van der Waals surface area contributed by atoms with E-state index in [-0.39, 0.29) is 5.41 Å². The second-order valence-electron chi connectivity index (χ2n) is 10.1. The zero-order valence-corrected chi connectivity index (χ0v) is 16.8. The van der Waals surface area contributed by atoms with Crippen molar-refractivity contribution in [2.75, 3.05) is 13.2 Å². The van der Waals surface area contributed by atoms with E-state index in [0.29, 0.717) is 42.1 Å². The van der Waals surface area contributed by atoms with Crippen LogP contribution in [0.3, 0.4) is 0 Å². The van der Waals surface area contributed by atoms with Gasteiger partial charge in [0, 0.05) is 18.4 Å². The molecule has 0 heterocycles. The van der Waals surface area contributed by atoms with Crippen molar-refractivity contribution >= 4 is 11.5 Å². The van der Waals surface area contributed by atoms with Crippen molar-refractivity contribution in [3.05, 3.63) is 0 Å². The molecule has 146 valence electrons. The highest BCUT2D eigenvalue weighted by Crippen LogP contribution is 2.66. The summed E-state index contributed by atoms with van der Waals surface area (Å²) in [7, 11) is 0. The van der Waals surface area contributed by atoms with Crippen LogP contribution in [0.4, 0.5) is 0 Å². The first kappa shape index (κ1) is 18.5. The third-order valence-electron chi connectivity index (χ3n) is 8.98. The van der Waals surface area contributed by atoms with E-state index >= 15 is 0 Å². The number of oxime groups is 1. The van der Waals surface area contributed by atoms with Gasteiger partial charge in [-0.2, -0.15) is 0 Å². The molecule has 4 heteroatoms. The second kappa shape index (κ2) is 6.61. The number of ketones is 1. The van der Waals surface area contributed by atoms with Gasteiger partial charge in [0.1, 0.15) is 12.4 Å². The Morgan fingerprint density at radius 3 is 2.73 bits per heavy atom. The first-order valence-electron chi connectivity index (χ1n) is 10.8. The summed E-state index contributed by atoms with van der Waals surface area (Å²) in [6.07, 6.45) is 9.02. The number of hydrogen-bond acceptors (Lipinski definition) is 4. The quantitative estimate of drug-likeness (QED) is 0.607. The van der Waals surface area contributed by atoms with Crippen LogP contribution < -0.4 is 5.73 Å². The Hall–Kier alpha value is -0.900. The van der Waals surface area contributed by atoms with Gasteiger partial charge < -0.3 is 10.6 Å². The van der Waals surface area contributed by atoms with Crippen LogP contribution in [0.15, 0.2) is 5.16 Å². The molecule has 4 fully saturated rings. The van der Waals surface area contributed by atoms with Gasteiger partial charge in [-0.3, -0.25) is 4.79 Å². The molecule has 0 aromatic rings. The smallest absolute Gasteiger partial charge is 0.139 e. The molecule has 0 amide bonds. The summed E-state index contributed by atoms with van der Waals surface area (Å²) >= 11 is 0. The van der Waals surface area contributed by atoms with E-state index in [2.05, 4.69) is 25.9 Å². The minimum Gasteiger partial charge on any atom is -0.395 e. The molecule has 4 nitrogen and oxygen atoms in total. The van der Waals surface area contributed by atoms with Crippen LogP contribution in [-0.2, 0) is 9.63 Å². The Labute approximate surface area is 158 Å². The fourth-order valence-electron chi connectivity index (χ4n) is 7.57. The lowest BCUT2D eigenvalue weighted by Gasteiger charge is -2.61. The Morgan fingerprint density at radius 2 is 1.96 bits per heavy atom. The molecule has 0 saturated heterocycles. The topological polar surface area (TPSA) is 64.7 Å². The van der Waals surface area contributed by atoms with E-state index in [1.165, 1.54) is 25.0 Å². The Morgan fingerprint density at radius 1 is 1.15 bits per heavy atom. The van der Waals surface area contributed by atoms with Crippen LogP contribution in [0.25, 0.3) is 0 Å². The molecule has 0 unspecified atom stereocenters. The van der Waals surface area contributed by atoms with Crippen LogP contribution in [-0.4, -0.2) is 24.6 Å². The highest BCUT2D eigenvalue weighted by molar-refractivity contribution is 5.87. The van der Waals surface area contributed by atoms with Crippen molar-refractivity contribution in [2.45, 2.75) is 72.1 Å². The van der Waals surface area contributed by atoms with Gasteiger partial charge in [-0.05, 0) is 80.0 Å². The molecule has 0 spiro atoms. The lowest BCUT2D eigenvalue weighted by molar-refractivity contribution is -0.141. The largest absolute Gasteiger partial charge is 0.395 e. The number of nitrogens with zero attached hydrogens (tertiary/aromatic N) is 1. The minimum atomic E-state index is -0.0125. The zero-order valence-electron chi connectivity index (χ0n) is 16.8. The number of carbonyl (C=O) groups is 1. The Balaban J connectivity index is 1.56. The standard InChI is InChI=1S/C22H36N2O2/c1-14-12-16-17-4-5-20(25)22(17,3)9-7-18(16)21(2)8-6-15(13-19(14)21)24-26-11-10-23/h14,16-19H,4-13,23H2,1-3H3/b24-15+/t14-,16-,17-,18-,19+,21+,22-/m0/s1. The Kier molecular flexibility index (Phi) is 4.70. The minimum absolute atomic E-state index is 0.0125. The van der Waals surface area contributed by atoms with Crippen molar-refractivity contribution in [1.29, 1.82) is 0 Å². The fraction of sp³-hybridized carbons (Fsp3) is 0.909. The van der Waals surface area contributed by atoms with E-state index in [4.69, 9.17) is 10.6 Å². The van der Waals surface area contributed by atoms with Gasteiger partial charge in [0.25, 0.3) is 0 Å². The van der Waals surface area contributed by atoms with E-state index in [9.17, 15) is 4.79 Å². The van der Waals surface area contributed by atoms with Crippen molar-refractivity contribution in [3.8, 4) is 0 Å². The highest BCUT2D eigenvalue weighted by Gasteiger charge is 2.61. The van der Waals surface area contributed by atoms with E-state index in [1.54, 1.807) is 0 Å². The first-order valence-corrected chi connectivity index (χ1v) is 10.8. The average molecular weight is 361 g/mol. The summed E-state index contributed by atoms with van der Waals surface area (Å²) in [4.78, 5) is 18.0. The predicted molar refractivity (Wildman–Crippen MR) is 104 cm³/mol. The van der Waals surface area contributed by atoms with Crippen LogP contribution >= 0.6 is 0 Å². The van der Waals surface area contributed by atoms with Crippen LogP contribution in [0.1, 0.15) is 72.1 Å². The van der Waals surface area contributed by atoms with Crippen molar-refractivity contribution < 1.29 is 9.63 Å². The molecular weight excluding hydrogens is 324 g/mol. The van der Waals surface area contributed by atoms with Crippen LogP contribution in [0, 0.1) is 40.4 Å². The number of carbonyl (C=O) groups excluding carboxylic acids is 1. The molecule has 0 aromatic carbocycles. The molecule has 7 atom stereocenters. The zero-order chi connectivity index (χ0) is 18.5. The summed E-state index contributed by atoms with van der Waals surface area (Å²) in [6.45, 7) is 8.33. The van der Waals surface area contributed by atoms with Gasteiger partial charge in [-0.15, -0.1) is 0 Å². The summed E-state index contributed by atoms with van der Waals surface area (Å²) in [6, 6.07) is 0. The molecule has 26 heavy (non-hydrogen) atoms. The van der Waals surface area contributed by atoms with Gasteiger partial charge in [0.05, 0.1) is 5.71 Å². The maximum absolute atomic E-state index is 12.6. The summed E-state index contributed by atoms with van der Waals surface area (Å²) < 4.78 is 0. The molecule has 0 aromatic heterocycles. The van der Waals surface area contributed by atoms with Crippen LogP contribution in [0.2, 0.25) is 0 Å². The molecular formula is C22H36N2O2.